The molecule has 2 N–H and O–H groups in total. The van der Waals surface area contributed by atoms with E-state index in [0.717, 1.165) is 0 Å². The number of alkyl halides is 2. The molecule has 2 atom stereocenters. The van der Waals surface area contributed by atoms with E-state index in [1.807, 2.05) is 0 Å². The molecule has 0 aromatic carbocycles. The first kappa shape index (κ1) is 14.3. The maximum atomic E-state index is 12.8. The fourth-order valence-electron chi connectivity index (χ4n) is 1.58. The molecular formula is C10H17F2NO4. The molecule has 0 radical (unpaired) electrons. The Kier molecular flexibility index (Phi) is 5.23. The van der Waals surface area contributed by atoms with Gasteiger partial charge in [0.05, 0.1) is 13.0 Å². The summed E-state index contributed by atoms with van der Waals surface area (Å²) in [6, 6.07) is -0.247. The third-order valence-corrected chi connectivity index (χ3v) is 2.58. The molecule has 1 aliphatic rings. The summed E-state index contributed by atoms with van der Waals surface area (Å²) in [6.45, 7) is 0.440. The third-order valence-electron chi connectivity index (χ3n) is 2.58. The molecule has 2 unspecified atom stereocenters. The molecule has 1 fully saturated rings. The van der Waals surface area contributed by atoms with Gasteiger partial charge in [-0.05, 0) is 6.42 Å². The van der Waals surface area contributed by atoms with E-state index < -0.39 is 24.4 Å². The maximum absolute atomic E-state index is 12.8. The Hall–Kier alpha value is -0.790. The van der Waals surface area contributed by atoms with Crippen molar-refractivity contribution in [3.8, 4) is 0 Å². The number of methoxy groups -OCH3 is 1. The minimum atomic E-state index is -3.38. The molecule has 0 bridgehead atoms. The summed E-state index contributed by atoms with van der Waals surface area (Å²) in [4.78, 5) is 10.7. The minimum absolute atomic E-state index is 0.107. The molecule has 1 heterocycles. The predicted octanol–water partition coefficient (Wildman–Crippen LogP) is -0.0758. The Morgan fingerprint density at radius 1 is 1.71 bits per heavy atom. The Morgan fingerprint density at radius 2 is 2.41 bits per heavy atom. The summed E-state index contributed by atoms with van der Waals surface area (Å²) in [6.07, 6.45) is -0.889. The van der Waals surface area contributed by atoms with Crippen LogP contribution < -0.4 is 5.32 Å². The van der Waals surface area contributed by atoms with Gasteiger partial charge in [0.1, 0.15) is 6.10 Å². The van der Waals surface area contributed by atoms with Gasteiger partial charge in [-0.25, -0.2) is 4.79 Å². The number of carbonyl (C=O) groups is 1. The van der Waals surface area contributed by atoms with Crippen molar-refractivity contribution >= 4 is 5.97 Å². The largest absolute Gasteiger partial charge is 0.456 e. The van der Waals surface area contributed by atoms with E-state index in [9.17, 15) is 13.6 Å². The highest BCUT2D eigenvalue weighted by molar-refractivity contribution is 5.79. The van der Waals surface area contributed by atoms with Crippen LogP contribution in [-0.2, 0) is 14.3 Å². The zero-order valence-electron chi connectivity index (χ0n) is 9.62. The van der Waals surface area contributed by atoms with Crippen molar-refractivity contribution < 1.29 is 28.2 Å². The maximum Gasteiger partial charge on any atom is 0.377 e. The van der Waals surface area contributed by atoms with Gasteiger partial charge >= 0.3 is 11.9 Å². The summed E-state index contributed by atoms with van der Waals surface area (Å²) < 4.78 is 35.0. The van der Waals surface area contributed by atoms with Crippen molar-refractivity contribution in [1.82, 2.24) is 5.32 Å². The summed E-state index contributed by atoms with van der Waals surface area (Å²) in [5.41, 5.74) is 0. The molecule has 0 spiro atoms. The van der Waals surface area contributed by atoms with Crippen LogP contribution in [0.3, 0.4) is 0 Å². The van der Waals surface area contributed by atoms with Gasteiger partial charge in [0, 0.05) is 26.3 Å². The molecule has 0 aromatic rings. The van der Waals surface area contributed by atoms with E-state index in [-0.39, 0.29) is 19.2 Å². The first-order valence-corrected chi connectivity index (χ1v) is 5.41. The van der Waals surface area contributed by atoms with Crippen molar-refractivity contribution in [3.05, 3.63) is 0 Å². The molecule has 1 aliphatic heterocycles. The van der Waals surface area contributed by atoms with Crippen LogP contribution in [0.4, 0.5) is 8.78 Å². The second kappa shape index (κ2) is 6.23. The molecule has 17 heavy (non-hydrogen) atoms. The normalized spacial score (nSPS) is 24.7. The number of halogens is 2. The van der Waals surface area contributed by atoms with Gasteiger partial charge in [-0.2, -0.15) is 8.78 Å². The Bertz CT molecular complexity index is 263. The number of rotatable bonds is 7. The number of hydrogen-bond donors (Lipinski definition) is 2. The van der Waals surface area contributed by atoms with Crippen molar-refractivity contribution in [2.24, 2.45) is 0 Å². The summed E-state index contributed by atoms with van der Waals surface area (Å²) in [5.74, 6) is -4.85. The molecule has 100 valence electrons. The molecular weight excluding hydrogens is 236 g/mol. The van der Waals surface area contributed by atoms with Crippen molar-refractivity contribution in [2.75, 3.05) is 26.9 Å². The fourth-order valence-corrected chi connectivity index (χ4v) is 1.58. The van der Waals surface area contributed by atoms with Crippen LogP contribution >= 0.6 is 0 Å². The van der Waals surface area contributed by atoms with Crippen LogP contribution in [-0.4, -0.2) is 56.0 Å². The zero-order valence-corrected chi connectivity index (χ0v) is 9.62. The highest BCUT2D eigenvalue weighted by atomic mass is 19.3. The van der Waals surface area contributed by atoms with Gasteiger partial charge in [0.25, 0.3) is 0 Å². The van der Waals surface area contributed by atoms with E-state index in [1.54, 1.807) is 0 Å². The van der Waals surface area contributed by atoms with Crippen LogP contribution in [0.5, 0.6) is 0 Å². The lowest BCUT2D eigenvalue weighted by atomic mass is 10.1. The van der Waals surface area contributed by atoms with Gasteiger partial charge < -0.3 is 19.9 Å². The second-order valence-electron chi connectivity index (χ2n) is 4.01. The number of esters is 1. The third kappa shape index (κ3) is 4.18. The molecule has 0 saturated carbocycles. The monoisotopic (exact) mass is 253 g/mol. The topological polar surface area (TPSA) is 67.8 Å². The number of nitrogens with one attached hydrogen (secondary N) is 1. The van der Waals surface area contributed by atoms with Crippen molar-refractivity contribution in [3.63, 3.8) is 0 Å². The number of cyclic esters (lactones) is 1. The van der Waals surface area contributed by atoms with E-state index in [4.69, 9.17) is 9.84 Å². The van der Waals surface area contributed by atoms with E-state index in [0.29, 0.717) is 13.0 Å². The average Bonchev–Trinajstić information content (AvgIpc) is 2.53. The summed E-state index contributed by atoms with van der Waals surface area (Å²) in [5, 5.41) is 11.9. The van der Waals surface area contributed by atoms with Crippen LogP contribution in [0.1, 0.15) is 12.8 Å². The summed E-state index contributed by atoms with van der Waals surface area (Å²) >= 11 is 0. The quantitative estimate of drug-likeness (QED) is 0.621. The van der Waals surface area contributed by atoms with E-state index in [1.165, 1.54) is 7.11 Å². The highest BCUT2D eigenvalue weighted by Gasteiger charge is 2.50. The predicted molar refractivity (Wildman–Crippen MR) is 54.8 cm³/mol. The Balaban J connectivity index is 2.28. The Labute approximate surface area is 98.1 Å². The molecule has 1 saturated heterocycles. The molecule has 0 aliphatic carbocycles. The van der Waals surface area contributed by atoms with Crippen LogP contribution in [0.2, 0.25) is 0 Å². The molecule has 7 heteroatoms. The van der Waals surface area contributed by atoms with Crippen LogP contribution in [0.15, 0.2) is 0 Å². The highest BCUT2D eigenvalue weighted by Crippen LogP contribution is 2.30. The average molecular weight is 253 g/mol. The van der Waals surface area contributed by atoms with Crippen LogP contribution in [0, 0.1) is 0 Å². The van der Waals surface area contributed by atoms with Gasteiger partial charge in [-0.3, -0.25) is 0 Å². The molecule has 1 rings (SSSR count). The standard InChI is InChI=1S/C10H17F2NO4/c1-16-3-2-7(6-14)13-5-8-4-10(11,12)9(15)17-8/h7-8,13-14H,2-6H2,1H3. The number of aliphatic hydroxyl groups excluding tert-OH is 1. The lowest BCUT2D eigenvalue weighted by molar-refractivity contribution is -0.159. The summed E-state index contributed by atoms with van der Waals surface area (Å²) in [7, 11) is 1.54. The molecule has 0 aromatic heterocycles. The van der Waals surface area contributed by atoms with Crippen molar-refractivity contribution in [2.45, 2.75) is 30.9 Å². The Morgan fingerprint density at radius 3 is 2.88 bits per heavy atom. The van der Waals surface area contributed by atoms with Crippen LogP contribution in [0.25, 0.3) is 0 Å². The van der Waals surface area contributed by atoms with Gasteiger partial charge in [0.2, 0.25) is 0 Å². The van der Waals surface area contributed by atoms with Gasteiger partial charge in [-0.15, -0.1) is 0 Å². The van der Waals surface area contributed by atoms with E-state index >= 15 is 0 Å². The number of aliphatic hydroxyl groups is 1. The first-order valence-electron chi connectivity index (χ1n) is 5.41. The zero-order chi connectivity index (χ0) is 12.9. The number of ether oxygens (including phenoxy) is 2. The van der Waals surface area contributed by atoms with Gasteiger partial charge in [0.15, 0.2) is 0 Å². The number of hydrogen-bond acceptors (Lipinski definition) is 5. The lowest BCUT2D eigenvalue weighted by Gasteiger charge is -2.17. The fraction of sp³-hybridized carbons (Fsp3) is 0.900. The SMILES string of the molecule is COCCC(CO)NCC1CC(F)(F)C(=O)O1. The first-order chi connectivity index (χ1) is 7.99. The second-order valence-corrected chi connectivity index (χ2v) is 4.01. The van der Waals surface area contributed by atoms with E-state index in [2.05, 4.69) is 10.1 Å². The minimum Gasteiger partial charge on any atom is -0.456 e. The lowest BCUT2D eigenvalue weighted by Crippen LogP contribution is -2.38. The van der Waals surface area contributed by atoms with Gasteiger partial charge in [-0.1, -0.05) is 0 Å². The molecule has 5 nitrogen and oxygen atoms in total. The number of carbonyl (C=O) groups excluding carboxylic acids is 1. The smallest absolute Gasteiger partial charge is 0.377 e. The van der Waals surface area contributed by atoms with Crippen molar-refractivity contribution in [1.29, 1.82) is 0 Å². The molecule has 0 amide bonds.